The Kier molecular flexibility index (Phi) is 4.81. The number of hydrogen-bond donors (Lipinski definition) is 0. The molecule has 19 heavy (non-hydrogen) atoms. The van der Waals surface area contributed by atoms with Crippen molar-refractivity contribution in [2.45, 2.75) is 32.8 Å². The first-order valence-electron chi connectivity index (χ1n) is 5.60. The fraction of sp³-hybridized carbons (Fsp3) is 0.385. The van der Waals surface area contributed by atoms with Crippen molar-refractivity contribution in [3.63, 3.8) is 0 Å². The Morgan fingerprint density at radius 3 is 2.11 bits per heavy atom. The second-order valence-electron chi connectivity index (χ2n) is 5.02. The van der Waals surface area contributed by atoms with Crippen molar-refractivity contribution in [1.82, 2.24) is 0 Å². The molecule has 0 aliphatic heterocycles. The van der Waals surface area contributed by atoms with Crippen molar-refractivity contribution < 1.29 is 21.4 Å². The molecule has 0 fully saturated rings. The van der Waals surface area contributed by atoms with Gasteiger partial charge >= 0.3 is 6.61 Å². The van der Waals surface area contributed by atoms with Gasteiger partial charge in [-0.1, -0.05) is 45.0 Å². The Balaban J connectivity index is 2.84. The molecule has 0 atom stereocenters. The topological polar surface area (TPSA) is 43.4 Å². The Labute approximate surface area is 112 Å². The lowest BCUT2D eigenvalue weighted by molar-refractivity contribution is -0.0432. The minimum atomic E-state index is -4.35. The van der Waals surface area contributed by atoms with E-state index < -0.39 is 16.7 Å². The van der Waals surface area contributed by atoms with Gasteiger partial charge in [-0.25, -0.2) is 0 Å². The van der Waals surface area contributed by atoms with E-state index in [9.17, 15) is 17.2 Å². The largest absolute Gasteiger partial charge is 0.359 e. The first kappa shape index (κ1) is 15.8. The summed E-state index contributed by atoms with van der Waals surface area (Å²) in [6.45, 7) is 2.81. The molecular weight excluding hydrogens is 274 g/mol. The zero-order chi connectivity index (χ0) is 14.7. The molecule has 0 N–H and O–H groups in total. The molecule has 0 aromatic heterocycles. The van der Waals surface area contributed by atoms with Crippen molar-refractivity contribution in [3.8, 4) is 0 Å². The smallest absolute Gasteiger partial charge is 0.200 e. The molecule has 1 rings (SSSR count). The van der Waals surface area contributed by atoms with Crippen LogP contribution in [-0.2, 0) is 19.7 Å². The molecule has 0 amide bonds. The predicted molar refractivity (Wildman–Crippen MR) is 70.2 cm³/mol. The Bertz CT molecular complexity index is 540. The lowest BCUT2D eigenvalue weighted by atomic mass is 9.87. The van der Waals surface area contributed by atoms with Gasteiger partial charge in [0.15, 0.2) is 0 Å². The molecule has 1 aromatic rings. The first-order valence-corrected chi connectivity index (χ1v) is 7.07. The lowest BCUT2D eigenvalue weighted by Crippen LogP contribution is -2.10. The third-order valence-corrected chi connectivity index (χ3v) is 3.29. The minimum absolute atomic E-state index is 0.00684. The van der Waals surface area contributed by atoms with Gasteiger partial charge in [0.1, 0.15) is 0 Å². The SMILES string of the molecule is CC(C)(C)c1ccc(C=CS(=O)(=O)OC(F)F)cc1. The minimum Gasteiger partial charge on any atom is -0.200 e. The van der Waals surface area contributed by atoms with Crippen molar-refractivity contribution in [2.75, 3.05) is 0 Å². The third kappa shape index (κ3) is 5.48. The maximum Gasteiger partial charge on any atom is 0.359 e. The molecule has 0 saturated carbocycles. The molecule has 1 aromatic carbocycles. The van der Waals surface area contributed by atoms with E-state index in [2.05, 4.69) is 25.0 Å². The van der Waals surface area contributed by atoms with Gasteiger partial charge in [-0.2, -0.15) is 21.4 Å². The molecule has 3 nitrogen and oxygen atoms in total. The highest BCUT2D eigenvalue weighted by Gasteiger charge is 2.15. The highest BCUT2D eigenvalue weighted by molar-refractivity contribution is 7.89. The van der Waals surface area contributed by atoms with Gasteiger partial charge in [0.05, 0.1) is 5.41 Å². The standard InChI is InChI=1S/C13H16F2O3S/c1-13(2,3)11-6-4-10(5-7-11)8-9-19(16,17)18-12(14)15/h4-9,12H,1-3H3. The summed E-state index contributed by atoms with van der Waals surface area (Å²) in [7, 11) is -4.35. The van der Waals surface area contributed by atoms with E-state index >= 15 is 0 Å². The summed E-state index contributed by atoms with van der Waals surface area (Å²) >= 11 is 0. The van der Waals surface area contributed by atoms with Crippen LogP contribution < -0.4 is 0 Å². The number of benzene rings is 1. The summed E-state index contributed by atoms with van der Waals surface area (Å²) in [5.41, 5.74) is 1.68. The van der Waals surface area contributed by atoms with E-state index in [1.54, 1.807) is 12.1 Å². The predicted octanol–water partition coefficient (Wildman–Crippen LogP) is 3.52. The quantitative estimate of drug-likeness (QED) is 0.797. The summed E-state index contributed by atoms with van der Waals surface area (Å²) in [6, 6.07) is 7.16. The Morgan fingerprint density at radius 2 is 1.68 bits per heavy atom. The average molecular weight is 290 g/mol. The average Bonchev–Trinajstić information content (AvgIpc) is 2.24. The molecular formula is C13H16F2O3S. The normalized spacial score (nSPS) is 13.4. The molecule has 0 bridgehead atoms. The van der Waals surface area contributed by atoms with Crippen molar-refractivity contribution in [2.24, 2.45) is 0 Å². The molecule has 0 unspecified atom stereocenters. The second kappa shape index (κ2) is 5.79. The van der Waals surface area contributed by atoms with Crippen LogP contribution in [-0.4, -0.2) is 15.0 Å². The molecule has 0 spiro atoms. The van der Waals surface area contributed by atoms with Gasteiger partial charge in [-0.15, -0.1) is 0 Å². The van der Waals surface area contributed by atoms with Gasteiger partial charge in [-0.05, 0) is 22.6 Å². The van der Waals surface area contributed by atoms with Crippen LogP contribution >= 0.6 is 0 Å². The van der Waals surface area contributed by atoms with Crippen LogP contribution in [0.15, 0.2) is 29.7 Å². The van der Waals surface area contributed by atoms with Crippen LogP contribution in [0.1, 0.15) is 31.9 Å². The van der Waals surface area contributed by atoms with Crippen LogP contribution in [0.4, 0.5) is 8.78 Å². The van der Waals surface area contributed by atoms with Crippen LogP contribution in [0.25, 0.3) is 6.08 Å². The highest BCUT2D eigenvalue weighted by Crippen LogP contribution is 2.22. The van der Waals surface area contributed by atoms with E-state index in [1.165, 1.54) is 6.08 Å². The van der Waals surface area contributed by atoms with Gasteiger partial charge < -0.3 is 0 Å². The van der Waals surface area contributed by atoms with Crippen LogP contribution in [0.2, 0.25) is 0 Å². The van der Waals surface area contributed by atoms with Crippen molar-refractivity contribution >= 4 is 16.2 Å². The maximum atomic E-state index is 11.8. The zero-order valence-corrected chi connectivity index (χ0v) is 11.7. The van der Waals surface area contributed by atoms with Crippen molar-refractivity contribution in [1.29, 1.82) is 0 Å². The maximum absolute atomic E-state index is 11.8. The van der Waals surface area contributed by atoms with E-state index in [1.807, 2.05) is 12.1 Å². The number of halogens is 2. The van der Waals surface area contributed by atoms with Gasteiger partial charge in [0, 0.05) is 0 Å². The molecule has 0 aliphatic carbocycles. The van der Waals surface area contributed by atoms with Crippen LogP contribution in [0, 0.1) is 0 Å². The lowest BCUT2D eigenvalue weighted by Gasteiger charge is -2.18. The fourth-order valence-corrected chi connectivity index (χ4v) is 1.98. The molecule has 0 saturated heterocycles. The van der Waals surface area contributed by atoms with Crippen LogP contribution in [0.5, 0.6) is 0 Å². The molecule has 6 heteroatoms. The summed E-state index contributed by atoms with van der Waals surface area (Å²) in [5.74, 6) is 0. The first-order chi connectivity index (χ1) is 8.60. The van der Waals surface area contributed by atoms with E-state index in [0.717, 1.165) is 5.56 Å². The van der Waals surface area contributed by atoms with E-state index in [0.29, 0.717) is 11.0 Å². The Morgan fingerprint density at radius 1 is 1.16 bits per heavy atom. The number of hydrogen-bond acceptors (Lipinski definition) is 3. The van der Waals surface area contributed by atoms with Gasteiger partial charge in [0.25, 0.3) is 10.1 Å². The summed E-state index contributed by atoms with van der Waals surface area (Å²) in [5, 5.41) is 0.616. The van der Waals surface area contributed by atoms with Crippen molar-refractivity contribution in [3.05, 3.63) is 40.8 Å². The number of rotatable bonds is 4. The Hall–Kier alpha value is -1.27. The highest BCUT2D eigenvalue weighted by atomic mass is 32.2. The molecule has 0 aliphatic rings. The molecule has 106 valence electrons. The monoisotopic (exact) mass is 290 g/mol. The molecule has 0 radical (unpaired) electrons. The van der Waals surface area contributed by atoms with E-state index in [4.69, 9.17) is 0 Å². The van der Waals surface area contributed by atoms with Gasteiger partial charge in [0.2, 0.25) is 0 Å². The summed E-state index contributed by atoms with van der Waals surface area (Å²) < 4.78 is 49.2. The summed E-state index contributed by atoms with van der Waals surface area (Å²) in [6.07, 6.45) is 1.21. The fourth-order valence-electron chi connectivity index (χ4n) is 1.39. The third-order valence-electron chi connectivity index (χ3n) is 2.41. The molecule has 0 heterocycles. The van der Waals surface area contributed by atoms with Crippen LogP contribution in [0.3, 0.4) is 0 Å². The van der Waals surface area contributed by atoms with E-state index in [-0.39, 0.29) is 5.41 Å². The second-order valence-corrected chi connectivity index (χ2v) is 6.47. The zero-order valence-electron chi connectivity index (χ0n) is 10.9. The number of alkyl halides is 2. The summed E-state index contributed by atoms with van der Waals surface area (Å²) in [4.78, 5) is 0. The van der Waals surface area contributed by atoms with Gasteiger partial charge in [-0.3, -0.25) is 0 Å².